The van der Waals surface area contributed by atoms with Crippen LogP contribution in [0.3, 0.4) is 0 Å². The zero-order valence-electron chi connectivity index (χ0n) is 20.8. The highest BCUT2D eigenvalue weighted by Crippen LogP contribution is 2.31. The van der Waals surface area contributed by atoms with Crippen molar-refractivity contribution in [1.29, 1.82) is 0 Å². The van der Waals surface area contributed by atoms with E-state index in [-0.39, 0.29) is 5.82 Å². The number of anilines is 3. The van der Waals surface area contributed by atoms with Crippen molar-refractivity contribution in [1.82, 2.24) is 4.98 Å². The molecule has 0 aliphatic carbocycles. The SMILES string of the molecule is COCCOCCC(CNc1cc(N2CCOCC2)ccn1)[C@@H]1CCCCN1c1cccc(F)c1. The first-order valence-corrected chi connectivity index (χ1v) is 12.9. The number of nitrogens with zero attached hydrogens (tertiary/aromatic N) is 3. The molecule has 2 aliphatic heterocycles. The van der Waals surface area contributed by atoms with Gasteiger partial charge < -0.3 is 29.3 Å². The van der Waals surface area contributed by atoms with E-state index in [0.717, 1.165) is 70.2 Å². The molecule has 4 rings (SSSR count). The Morgan fingerprint density at radius 3 is 2.80 bits per heavy atom. The molecule has 0 saturated carbocycles. The lowest BCUT2D eigenvalue weighted by molar-refractivity contribution is 0.0620. The lowest BCUT2D eigenvalue weighted by Gasteiger charge is -2.42. The first-order valence-electron chi connectivity index (χ1n) is 12.9. The van der Waals surface area contributed by atoms with Gasteiger partial charge in [0.2, 0.25) is 0 Å². The fourth-order valence-corrected chi connectivity index (χ4v) is 5.10. The van der Waals surface area contributed by atoms with Gasteiger partial charge in [0.1, 0.15) is 11.6 Å². The number of benzene rings is 1. The van der Waals surface area contributed by atoms with Gasteiger partial charge in [-0.3, -0.25) is 0 Å². The molecule has 3 heterocycles. The van der Waals surface area contributed by atoms with Crippen LogP contribution >= 0.6 is 0 Å². The molecule has 0 bridgehead atoms. The van der Waals surface area contributed by atoms with Crippen molar-refractivity contribution >= 4 is 17.2 Å². The summed E-state index contributed by atoms with van der Waals surface area (Å²) in [5.74, 6) is 1.02. The number of pyridine rings is 1. The van der Waals surface area contributed by atoms with Gasteiger partial charge in [-0.25, -0.2) is 9.37 Å². The number of aromatic nitrogens is 1. The van der Waals surface area contributed by atoms with E-state index in [1.807, 2.05) is 12.3 Å². The van der Waals surface area contributed by atoms with Crippen LogP contribution < -0.4 is 15.1 Å². The normalized spacial score (nSPS) is 19.5. The number of nitrogens with one attached hydrogen (secondary N) is 1. The minimum Gasteiger partial charge on any atom is -0.382 e. The number of hydrogen-bond acceptors (Lipinski definition) is 7. The molecule has 1 aromatic carbocycles. The van der Waals surface area contributed by atoms with Crippen LogP contribution in [-0.4, -0.2) is 77.3 Å². The molecule has 1 N–H and O–H groups in total. The van der Waals surface area contributed by atoms with Gasteiger partial charge in [0.05, 0.1) is 26.4 Å². The number of ether oxygens (including phenoxy) is 3. The molecule has 1 unspecified atom stereocenters. The summed E-state index contributed by atoms with van der Waals surface area (Å²) in [6, 6.07) is 11.5. The Kier molecular flexibility index (Phi) is 9.98. The molecule has 7 nitrogen and oxygen atoms in total. The first kappa shape index (κ1) is 25.7. The molecule has 192 valence electrons. The molecular weight excluding hydrogens is 447 g/mol. The Morgan fingerprint density at radius 1 is 1.09 bits per heavy atom. The molecular formula is C27H39FN4O3. The third-order valence-corrected chi connectivity index (χ3v) is 6.96. The van der Waals surface area contributed by atoms with E-state index in [1.165, 1.54) is 18.2 Å². The number of methoxy groups -OCH3 is 1. The molecule has 2 fully saturated rings. The lowest BCUT2D eigenvalue weighted by Crippen LogP contribution is -2.46. The fourth-order valence-electron chi connectivity index (χ4n) is 5.10. The van der Waals surface area contributed by atoms with Crippen LogP contribution in [0.1, 0.15) is 25.7 Å². The quantitative estimate of drug-likeness (QED) is 0.451. The predicted octanol–water partition coefficient (Wildman–Crippen LogP) is 4.20. The van der Waals surface area contributed by atoms with Crippen LogP contribution in [0.4, 0.5) is 21.6 Å². The highest BCUT2D eigenvalue weighted by atomic mass is 19.1. The van der Waals surface area contributed by atoms with Crippen LogP contribution in [0.2, 0.25) is 0 Å². The highest BCUT2D eigenvalue weighted by Gasteiger charge is 2.30. The van der Waals surface area contributed by atoms with Crippen molar-refractivity contribution < 1.29 is 18.6 Å². The summed E-state index contributed by atoms with van der Waals surface area (Å²) in [5.41, 5.74) is 2.14. The Morgan fingerprint density at radius 2 is 1.97 bits per heavy atom. The molecule has 8 heteroatoms. The number of morpholine rings is 1. The van der Waals surface area contributed by atoms with E-state index in [2.05, 4.69) is 32.2 Å². The second-order valence-electron chi connectivity index (χ2n) is 9.27. The van der Waals surface area contributed by atoms with Crippen molar-refractivity contribution in [2.24, 2.45) is 5.92 Å². The van der Waals surface area contributed by atoms with Gasteiger partial charge in [-0.2, -0.15) is 0 Å². The van der Waals surface area contributed by atoms with Crippen LogP contribution in [-0.2, 0) is 14.2 Å². The monoisotopic (exact) mass is 486 g/mol. The summed E-state index contributed by atoms with van der Waals surface area (Å²) >= 11 is 0. The summed E-state index contributed by atoms with van der Waals surface area (Å²) in [5, 5.41) is 3.61. The van der Waals surface area contributed by atoms with Gasteiger partial charge in [-0.05, 0) is 55.9 Å². The molecule has 0 amide bonds. The molecule has 35 heavy (non-hydrogen) atoms. The smallest absolute Gasteiger partial charge is 0.127 e. The molecule has 1 aromatic heterocycles. The number of hydrogen-bond donors (Lipinski definition) is 1. The van der Waals surface area contributed by atoms with Gasteiger partial charge in [-0.1, -0.05) is 6.07 Å². The van der Waals surface area contributed by atoms with Gasteiger partial charge >= 0.3 is 0 Å². The third-order valence-electron chi connectivity index (χ3n) is 6.96. The first-order chi connectivity index (χ1) is 17.2. The largest absolute Gasteiger partial charge is 0.382 e. The maximum absolute atomic E-state index is 14.0. The van der Waals surface area contributed by atoms with Crippen LogP contribution in [0.5, 0.6) is 0 Å². The summed E-state index contributed by atoms with van der Waals surface area (Å²) < 4.78 is 30.5. The van der Waals surface area contributed by atoms with Crippen LogP contribution in [0.15, 0.2) is 42.6 Å². The molecule has 2 aromatic rings. The number of rotatable bonds is 12. The molecule has 2 aliphatic rings. The van der Waals surface area contributed by atoms with E-state index >= 15 is 0 Å². The maximum atomic E-state index is 14.0. The van der Waals surface area contributed by atoms with Crippen LogP contribution in [0, 0.1) is 11.7 Å². The van der Waals surface area contributed by atoms with E-state index in [0.29, 0.717) is 31.8 Å². The minimum atomic E-state index is -0.187. The van der Waals surface area contributed by atoms with E-state index < -0.39 is 0 Å². The van der Waals surface area contributed by atoms with Crippen molar-refractivity contribution in [3.05, 3.63) is 48.4 Å². The van der Waals surface area contributed by atoms with Gasteiger partial charge in [0.25, 0.3) is 0 Å². The lowest BCUT2D eigenvalue weighted by atomic mass is 9.87. The zero-order valence-corrected chi connectivity index (χ0v) is 20.8. The molecule has 0 spiro atoms. The Labute approximate surface area is 208 Å². The van der Waals surface area contributed by atoms with Crippen molar-refractivity contribution in [3.8, 4) is 0 Å². The third kappa shape index (κ3) is 7.53. The summed E-state index contributed by atoms with van der Waals surface area (Å²) in [6.07, 6.45) is 6.18. The standard InChI is InChI=1S/C27H39FN4O3/c1-33-17-18-34-14-9-22(26-7-2-3-11-32(26)25-6-4-5-23(28)19-25)21-30-27-20-24(8-10-29-27)31-12-15-35-16-13-31/h4-6,8,10,19-20,22,26H,2-3,7,9,11-18,21H2,1H3,(H,29,30)/t22?,26-/m0/s1. The Bertz CT molecular complexity index is 896. The fraction of sp³-hybridized carbons (Fsp3) is 0.593. The maximum Gasteiger partial charge on any atom is 0.127 e. The molecule has 2 saturated heterocycles. The average Bonchev–Trinajstić information content (AvgIpc) is 2.91. The van der Waals surface area contributed by atoms with Gasteiger partial charge in [0, 0.05) is 69.6 Å². The summed E-state index contributed by atoms with van der Waals surface area (Å²) in [6.45, 7) is 6.90. The molecule has 0 radical (unpaired) electrons. The highest BCUT2D eigenvalue weighted by molar-refractivity contribution is 5.54. The van der Waals surface area contributed by atoms with Crippen LogP contribution in [0.25, 0.3) is 0 Å². The second kappa shape index (κ2) is 13.6. The Hall–Kier alpha value is -2.42. The molecule has 2 atom stereocenters. The van der Waals surface area contributed by atoms with E-state index in [1.54, 1.807) is 19.2 Å². The second-order valence-corrected chi connectivity index (χ2v) is 9.27. The van der Waals surface area contributed by atoms with Gasteiger partial charge in [0.15, 0.2) is 0 Å². The van der Waals surface area contributed by atoms with Gasteiger partial charge in [-0.15, -0.1) is 0 Å². The Balaban J connectivity index is 1.45. The average molecular weight is 487 g/mol. The van der Waals surface area contributed by atoms with Crippen molar-refractivity contribution in [3.63, 3.8) is 0 Å². The van der Waals surface area contributed by atoms with E-state index in [4.69, 9.17) is 14.2 Å². The number of halogens is 1. The topological polar surface area (TPSA) is 59.1 Å². The van der Waals surface area contributed by atoms with Crippen molar-refractivity contribution in [2.45, 2.75) is 31.7 Å². The summed E-state index contributed by atoms with van der Waals surface area (Å²) in [4.78, 5) is 9.31. The zero-order chi connectivity index (χ0) is 24.3. The van der Waals surface area contributed by atoms with Crippen molar-refractivity contribution in [2.75, 3.05) is 81.4 Å². The summed E-state index contributed by atoms with van der Waals surface area (Å²) in [7, 11) is 1.69. The van der Waals surface area contributed by atoms with E-state index in [9.17, 15) is 4.39 Å². The minimum absolute atomic E-state index is 0.187. The predicted molar refractivity (Wildman–Crippen MR) is 138 cm³/mol. The number of piperidine rings is 1.